The summed E-state index contributed by atoms with van der Waals surface area (Å²) in [4.78, 5) is 40.0. The second-order valence-corrected chi connectivity index (χ2v) is 9.23. The van der Waals surface area contributed by atoms with Crippen LogP contribution in [-0.2, 0) is 33.6 Å². The number of hydrogen-bond donors (Lipinski definition) is 0. The van der Waals surface area contributed by atoms with E-state index in [9.17, 15) is 14.4 Å². The van der Waals surface area contributed by atoms with Gasteiger partial charge in [-0.3, -0.25) is 9.59 Å². The molecular formula is C25H31NO4S. The van der Waals surface area contributed by atoms with Gasteiger partial charge in [-0.15, -0.1) is 11.3 Å². The van der Waals surface area contributed by atoms with Crippen molar-refractivity contribution in [2.24, 2.45) is 0 Å². The quantitative estimate of drug-likeness (QED) is 0.478. The van der Waals surface area contributed by atoms with Crippen molar-refractivity contribution in [2.75, 3.05) is 13.7 Å². The molecule has 3 rings (SSSR count). The summed E-state index contributed by atoms with van der Waals surface area (Å²) in [5, 5.41) is 0. The molecule has 0 unspecified atom stereocenters. The molecule has 1 atom stereocenters. The highest BCUT2D eigenvalue weighted by Gasteiger charge is 2.30. The number of methoxy groups -OCH3 is 1. The number of thiophene rings is 1. The summed E-state index contributed by atoms with van der Waals surface area (Å²) in [6.07, 6.45) is 5.79. The summed E-state index contributed by atoms with van der Waals surface area (Å²) in [5.74, 6) is 0.114. The molecule has 0 aliphatic carbocycles. The predicted molar refractivity (Wildman–Crippen MR) is 122 cm³/mol. The summed E-state index contributed by atoms with van der Waals surface area (Å²) in [6, 6.07) is 12.1. The van der Waals surface area contributed by atoms with E-state index in [1.807, 2.05) is 23.1 Å². The average Bonchev–Trinajstić information content (AvgIpc) is 3.39. The first-order valence-corrected chi connectivity index (χ1v) is 11.9. The molecule has 2 heterocycles. The largest absolute Gasteiger partial charge is 0.465 e. The normalized spacial score (nSPS) is 16.0. The Morgan fingerprint density at radius 2 is 1.87 bits per heavy atom. The number of esters is 1. The summed E-state index contributed by atoms with van der Waals surface area (Å²) < 4.78 is 4.75. The van der Waals surface area contributed by atoms with E-state index in [1.54, 1.807) is 6.07 Å². The minimum absolute atomic E-state index is 0.160. The maximum atomic E-state index is 12.5. The number of amides is 1. The molecule has 0 radical (unpaired) electrons. The first-order valence-electron chi connectivity index (χ1n) is 11.1. The van der Waals surface area contributed by atoms with Crippen LogP contribution in [0, 0.1) is 0 Å². The topological polar surface area (TPSA) is 63.7 Å². The number of benzene rings is 1. The number of ether oxygens (including phenoxy) is 1. The van der Waals surface area contributed by atoms with Gasteiger partial charge in [-0.05, 0) is 55.4 Å². The van der Waals surface area contributed by atoms with Crippen molar-refractivity contribution in [1.29, 1.82) is 0 Å². The number of carbonyl (C=O) groups excluding carboxylic acids is 3. The predicted octanol–water partition coefficient (Wildman–Crippen LogP) is 4.61. The molecule has 0 saturated carbocycles. The van der Waals surface area contributed by atoms with E-state index in [0.29, 0.717) is 30.7 Å². The molecule has 1 aromatic heterocycles. The van der Waals surface area contributed by atoms with E-state index in [0.717, 1.165) is 42.5 Å². The molecular weight excluding hydrogens is 410 g/mol. The van der Waals surface area contributed by atoms with E-state index in [1.165, 1.54) is 24.0 Å². The lowest BCUT2D eigenvalue weighted by molar-refractivity contribution is -0.129. The number of Topliss-reactive ketones (excluding diaryl/α,β-unsaturated/α-hetero) is 1. The van der Waals surface area contributed by atoms with Gasteiger partial charge in [-0.25, -0.2) is 4.79 Å². The van der Waals surface area contributed by atoms with Gasteiger partial charge in [0.1, 0.15) is 10.7 Å². The van der Waals surface area contributed by atoms with Crippen LogP contribution < -0.4 is 0 Å². The van der Waals surface area contributed by atoms with Gasteiger partial charge in [0.25, 0.3) is 0 Å². The zero-order valence-corrected chi connectivity index (χ0v) is 19.2. The Morgan fingerprint density at radius 3 is 2.58 bits per heavy atom. The highest BCUT2D eigenvalue weighted by Crippen LogP contribution is 2.25. The van der Waals surface area contributed by atoms with E-state index in [4.69, 9.17) is 4.74 Å². The van der Waals surface area contributed by atoms with E-state index in [-0.39, 0.29) is 23.7 Å². The fraction of sp³-hybridized carbons (Fsp3) is 0.480. The second kappa shape index (κ2) is 11.2. The lowest BCUT2D eigenvalue weighted by Crippen LogP contribution is -2.34. The molecule has 1 amide bonds. The molecule has 1 saturated heterocycles. The minimum atomic E-state index is -0.308. The number of aryl methyl sites for hydroxylation is 2. The van der Waals surface area contributed by atoms with E-state index >= 15 is 0 Å². The maximum absolute atomic E-state index is 12.5. The molecule has 0 N–H and O–H groups in total. The fourth-order valence-corrected chi connectivity index (χ4v) is 5.05. The highest BCUT2D eigenvalue weighted by atomic mass is 32.1. The molecule has 0 bridgehead atoms. The third-order valence-electron chi connectivity index (χ3n) is 5.91. The van der Waals surface area contributed by atoms with Gasteiger partial charge in [-0.1, -0.05) is 31.2 Å². The van der Waals surface area contributed by atoms with Gasteiger partial charge in [0.05, 0.1) is 7.11 Å². The van der Waals surface area contributed by atoms with Crippen LogP contribution in [0.2, 0.25) is 0 Å². The van der Waals surface area contributed by atoms with Gasteiger partial charge in [0, 0.05) is 36.7 Å². The summed E-state index contributed by atoms with van der Waals surface area (Å²) in [5.41, 5.74) is 2.34. The number of nitrogens with zero attached hydrogens (tertiary/aromatic N) is 1. The fourth-order valence-electron chi connectivity index (χ4n) is 4.08. The van der Waals surface area contributed by atoms with Crippen molar-refractivity contribution >= 4 is 29.0 Å². The molecule has 166 valence electrons. The van der Waals surface area contributed by atoms with Gasteiger partial charge in [0.15, 0.2) is 0 Å². The van der Waals surface area contributed by atoms with Crippen molar-refractivity contribution in [3.05, 3.63) is 57.3 Å². The monoisotopic (exact) mass is 441 g/mol. The van der Waals surface area contributed by atoms with Crippen LogP contribution in [0.1, 0.15) is 64.7 Å². The number of rotatable bonds is 11. The molecule has 6 heteroatoms. The molecule has 0 spiro atoms. The number of hydrogen-bond acceptors (Lipinski definition) is 5. The zero-order valence-electron chi connectivity index (χ0n) is 18.4. The Morgan fingerprint density at radius 1 is 1.13 bits per heavy atom. The van der Waals surface area contributed by atoms with Crippen molar-refractivity contribution < 1.29 is 19.1 Å². The maximum Gasteiger partial charge on any atom is 0.348 e. The SMILES string of the molecule is CCc1ccc(CC(=O)CC[C@H]2CCC(=O)N2CCCc2ccc(C(=O)OC)s2)cc1. The third-order valence-corrected chi connectivity index (χ3v) is 7.04. The third kappa shape index (κ3) is 6.50. The number of likely N-dealkylation sites (tertiary alicyclic amines) is 1. The van der Waals surface area contributed by atoms with Gasteiger partial charge < -0.3 is 9.64 Å². The van der Waals surface area contributed by atoms with Gasteiger partial charge in [-0.2, -0.15) is 0 Å². The zero-order chi connectivity index (χ0) is 22.2. The standard InChI is InChI=1S/C25H31NO4S/c1-3-18-6-8-19(9-7-18)17-21(27)12-10-20-11-15-24(28)26(20)16-4-5-22-13-14-23(31-22)25(29)30-2/h6-9,13-14,20H,3-5,10-12,15-17H2,1-2H3/t20-/m0/s1. The Hall–Kier alpha value is -2.47. The Bertz CT molecular complexity index is 903. The first-order chi connectivity index (χ1) is 15.0. The van der Waals surface area contributed by atoms with Crippen LogP contribution in [0.4, 0.5) is 0 Å². The molecule has 1 aliphatic rings. The van der Waals surface area contributed by atoms with Crippen LogP contribution in [0.5, 0.6) is 0 Å². The summed E-state index contributed by atoms with van der Waals surface area (Å²) >= 11 is 1.44. The molecule has 31 heavy (non-hydrogen) atoms. The van der Waals surface area contributed by atoms with Crippen LogP contribution in [0.15, 0.2) is 36.4 Å². The van der Waals surface area contributed by atoms with Crippen LogP contribution in [0.25, 0.3) is 0 Å². The Kier molecular flexibility index (Phi) is 8.41. The minimum Gasteiger partial charge on any atom is -0.465 e. The van der Waals surface area contributed by atoms with Gasteiger partial charge in [0.2, 0.25) is 5.91 Å². The molecule has 5 nitrogen and oxygen atoms in total. The van der Waals surface area contributed by atoms with Crippen LogP contribution in [0.3, 0.4) is 0 Å². The lowest BCUT2D eigenvalue weighted by atomic mass is 10.0. The highest BCUT2D eigenvalue weighted by molar-refractivity contribution is 7.13. The van der Waals surface area contributed by atoms with Crippen molar-refractivity contribution in [3.8, 4) is 0 Å². The smallest absolute Gasteiger partial charge is 0.348 e. The van der Waals surface area contributed by atoms with E-state index < -0.39 is 0 Å². The number of ketones is 1. The van der Waals surface area contributed by atoms with Crippen LogP contribution in [-0.4, -0.2) is 42.3 Å². The summed E-state index contributed by atoms with van der Waals surface area (Å²) in [7, 11) is 1.38. The number of carbonyl (C=O) groups is 3. The summed E-state index contributed by atoms with van der Waals surface area (Å²) in [6.45, 7) is 2.82. The average molecular weight is 442 g/mol. The van der Waals surface area contributed by atoms with Crippen molar-refractivity contribution in [3.63, 3.8) is 0 Å². The van der Waals surface area contributed by atoms with E-state index in [2.05, 4.69) is 19.1 Å². The Labute approximate surface area is 188 Å². The molecule has 1 aliphatic heterocycles. The molecule has 1 fully saturated rings. The first kappa shape index (κ1) is 23.2. The van der Waals surface area contributed by atoms with Gasteiger partial charge >= 0.3 is 5.97 Å². The van der Waals surface area contributed by atoms with Crippen molar-refractivity contribution in [2.45, 2.75) is 64.3 Å². The second-order valence-electron chi connectivity index (χ2n) is 8.06. The molecule has 2 aromatic rings. The lowest BCUT2D eigenvalue weighted by Gasteiger charge is -2.24. The molecule has 1 aromatic carbocycles. The Balaban J connectivity index is 1.44. The van der Waals surface area contributed by atoms with Crippen molar-refractivity contribution in [1.82, 2.24) is 4.90 Å². The van der Waals surface area contributed by atoms with Crippen LogP contribution >= 0.6 is 11.3 Å².